The first kappa shape index (κ1) is 7.95. The molecule has 0 radical (unpaired) electrons. The van der Waals surface area contributed by atoms with Gasteiger partial charge in [0.2, 0.25) is 0 Å². The van der Waals surface area contributed by atoms with Gasteiger partial charge in [0.15, 0.2) is 5.43 Å². The lowest BCUT2D eigenvalue weighted by Crippen LogP contribution is -1.92. The summed E-state index contributed by atoms with van der Waals surface area (Å²) in [5.41, 5.74) is -0.00861. The van der Waals surface area contributed by atoms with Crippen molar-refractivity contribution in [2.45, 2.75) is 0 Å². The number of hydrogen-bond acceptors (Lipinski definition) is 1. The minimum atomic E-state index is -0.00861. The Bertz CT molecular complexity index is 296. The Kier molecular flexibility index (Phi) is 2.63. The van der Waals surface area contributed by atoms with E-state index >= 15 is 0 Å². The SMILES string of the molecule is O=c1cccc(Br)cc1Br. The molecule has 3 heteroatoms. The van der Waals surface area contributed by atoms with E-state index in [9.17, 15) is 4.79 Å². The summed E-state index contributed by atoms with van der Waals surface area (Å²) < 4.78 is 1.46. The fraction of sp³-hybridized carbons (Fsp3) is 0. The Hall–Kier alpha value is -0.150. The molecule has 0 aliphatic rings. The Morgan fingerprint density at radius 1 is 1.20 bits per heavy atom. The van der Waals surface area contributed by atoms with E-state index in [2.05, 4.69) is 31.9 Å². The van der Waals surface area contributed by atoms with E-state index in [0.717, 1.165) is 4.47 Å². The molecular weight excluding hydrogens is 260 g/mol. The van der Waals surface area contributed by atoms with E-state index in [1.807, 2.05) is 6.07 Å². The van der Waals surface area contributed by atoms with Crippen LogP contribution < -0.4 is 5.43 Å². The third-order valence-electron chi connectivity index (χ3n) is 1.00. The third kappa shape index (κ3) is 1.92. The highest BCUT2D eigenvalue weighted by Crippen LogP contribution is 2.10. The number of halogens is 2. The highest BCUT2D eigenvalue weighted by molar-refractivity contribution is 9.11. The van der Waals surface area contributed by atoms with Crippen molar-refractivity contribution in [1.82, 2.24) is 0 Å². The van der Waals surface area contributed by atoms with Gasteiger partial charge in [-0.15, -0.1) is 0 Å². The first-order chi connectivity index (χ1) is 4.70. The summed E-state index contributed by atoms with van der Waals surface area (Å²) in [4.78, 5) is 10.9. The van der Waals surface area contributed by atoms with Crippen molar-refractivity contribution in [2.24, 2.45) is 0 Å². The molecule has 0 amide bonds. The predicted molar refractivity (Wildman–Crippen MR) is 48.1 cm³/mol. The summed E-state index contributed by atoms with van der Waals surface area (Å²) in [5.74, 6) is 0. The monoisotopic (exact) mass is 262 g/mol. The molecular formula is C7H4Br2O. The van der Waals surface area contributed by atoms with Crippen molar-refractivity contribution >= 4 is 31.9 Å². The van der Waals surface area contributed by atoms with Crippen molar-refractivity contribution in [1.29, 1.82) is 0 Å². The van der Waals surface area contributed by atoms with Crippen LogP contribution in [-0.4, -0.2) is 0 Å². The second-order valence-electron chi connectivity index (χ2n) is 1.77. The van der Waals surface area contributed by atoms with Crippen LogP contribution in [0.2, 0.25) is 0 Å². The van der Waals surface area contributed by atoms with Gasteiger partial charge in [0.1, 0.15) is 0 Å². The smallest absolute Gasteiger partial charge is 0.192 e. The fourth-order valence-corrected chi connectivity index (χ4v) is 1.61. The maximum Gasteiger partial charge on any atom is 0.192 e. The zero-order valence-electron chi connectivity index (χ0n) is 4.97. The zero-order valence-corrected chi connectivity index (χ0v) is 8.15. The minimum absolute atomic E-state index is 0.00861. The van der Waals surface area contributed by atoms with E-state index in [1.165, 1.54) is 6.07 Å². The largest absolute Gasteiger partial charge is 0.289 e. The lowest BCUT2D eigenvalue weighted by Gasteiger charge is -1.77. The van der Waals surface area contributed by atoms with Crippen LogP contribution in [0.1, 0.15) is 0 Å². The molecule has 0 bridgehead atoms. The third-order valence-corrected chi connectivity index (χ3v) is 2.12. The molecule has 0 atom stereocenters. The summed E-state index contributed by atoms with van der Waals surface area (Å²) in [6.45, 7) is 0. The molecule has 0 fully saturated rings. The Balaban J connectivity index is 3.46. The molecule has 52 valence electrons. The van der Waals surface area contributed by atoms with E-state index in [1.54, 1.807) is 12.1 Å². The van der Waals surface area contributed by atoms with Gasteiger partial charge in [-0.25, -0.2) is 0 Å². The fourth-order valence-electron chi connectivity index (χ4n) is 0.547. The zero-order chi connectivity index (χ0) is 7.56. The van der Waals surface area contributed by atoms with Crippen LogP contribution in [0.4, 0.5) is 0 Å². The van der Waals surface area contributed by atoms with Crippen LogP contribution in [-0.2, 0) is 0 Å². The molecule has 1 aromatic rings. The molecule has 0 aliphatic heterocycles. The van der Waals surface area contributed by atoms with E-state index < -0.39 is 0 Å². The molecule has 0 unspecified atom stereocenters. The number of rotatable bonds is 0. The molecule has 10 heavy (non-hydrogen) atoms. The van der Waals surface area contributed by atoms with Gasteiger partial charge in [0, 0.05) is 4.47 Å². The Morgan fingerprint density at radius 2 is 1.90 bits per heavy atom. The maximum atomic E-state index is 10.9. The van der Waals surface area contributed by atoms with Crippen molar-refractivity contribution in [3.05, 3.63) is 43.4 Å². The second-order valence-corrected chi connectivity index (χ2v) is 3.54. The average Bonchev–Trinajstić information content (AvgIpc) is 1.96. The second kappa shape index (κ2) is 3.30. The van der Waals surface area contributed by atoms with Gasteiger partial charge < -0.3 is 0 Å². The van der Waals surface area contributed by atoms with Crippen LogP contribution >= 0.6 is 31.9 Å². The minimum Gasteiger partial charge on any atom is -0.289 e. The molecule has 1 rings (SSSR count). The summed E-state index contributed by atoms with van der Waals surface area (Å²) in [6.07, 6.45) is 0. The molecule has 0 spiro atoms. The maximum absolute atomic E-state index is 10.9. The summed E-state index contributed by atoms with van der Waals surface area (Å²) in [6, 6.07) is 6.75. The molecule has 0 N–H and O–H groups in total. The van der Waals surface area contributed by atoms with Crippen LogP contribution in [0.3, 0.4) is 0 Å². The molecule has 0 saturated heterocycles. The van der Waals surface area contributed by atoms with E-state index in [4.69, 9.17) is 0 Å². The Morgan fingerprint density at radius 3 is 2.60 bits per heavy atom. The standard InChI is InChI=1S/C7H4Br2O/c8-5-2-1-3-7(10)6(9)4-5/h1-4H. The van der Waals surface area contributed by atoms with E-state index in [0.29, 0.717) is 4.47 Å². The molecule has 0 aromatic heterocycles. The number of hydrogen-bond donors (Lipinski definition) is 0. The van der Waals surface area contributed by atoms with Crippen LogP contribution in [0.15, 0.2) is 38.0 Å². The summed E-state index contributed by atoms with van der Waals surface area (Å²) >= 11 is 6.39. The van der Waals surface area contributed by atoms with Gasteiger partial charge in [-0.05, 0) is 34.1 Å². The summed E-state index contributed by atoms with van der Waals surface area (Å²) in [5, 5.41) is 0. The summed E-state index contributed by atoms with van der Waals surface area (Å²) in [7, 11) is 0. The molecule has 0 aliphatic carbocycles. The average molecular weight is 264 g/mol. The van der Waals surface area contributed by atoms with Crippen LogP contribution in [0.25, 0.3) is 0 Å². The highest BCUT2D eigenvalue weighted by Gasteiger charge is 1.90. The highest BCUT2D eigenvalue weighted by atomic mass is 79.9. The normalized spacial score (nSPS) is 9.40. The van der Waals surface area contributed by atoms with Gasteiger partial charge in [0.05, 0.1) is 4.47 Å². The van der Waals surface area contributed by atoms with Gasteiger partial charge in [-0.3, -0.25) is 4.79 Å². The van der Waals surface area contributed by atoms with Gasteiger partial charge in [0.25, 0.3) is 0 Å². The van der Waals surface area contributed by atoms with Crippen molar-refractivity contribution in [3.63, 3.8) is 0 Å². The first-order valence-electron chi connectivity index (χ1n) is 2.65. The first-order valence-corrected chi connectivity index (χ1v) is 4.24. The Labute approximate surface area is 75.3 Å². The molecule has 0 saturated carbocycles. The molecule has 1 aromatic carbocycles. The van der Waals surface area contributed by atoms with Gasteiger partial charge >= 0.3 is 0 Å². The predicted octanol–water partition coefficient (Wildman–Crippen LogP) is 2.57. The van der Waals surface area contributed by atoms with E-state index in [-0.39, 0.29) is 5.43 Å². The van der Waals surface area contributed by atoms with Gasteiger partial charge in [-0.2, -0.15) is 0 Å². The quantitative estimate of drug-likeness (QED) is 0.703. The van der Waals surface area contributed by atoms with Crippen LogP contribution in [0.5, 0.6) is 0 Å². The molecule has 0 heterocycles. The van der Waals surface area contributed by atoms with Crippen molar-refractivity contribution < 1.29 is 0 Å². The lowest BCUT2D eigenvalue weighted by atomic mass is 10.5. The lowest BCUT2D eigenvalue weighted by molar-refractivity contribution is 1.60. The van der Waals surface area contributed by atoms with Crippen molar-refractivity contribution in [3.8, 4) is 0 Å². The topological polar surface area (TPSA) is 17.1 Å². The molecule has 1 nitrogen and oxygen atoms in total. The van der Waals surface area contributed by atoms with Crippen molar-refractivity contribution in [2.75, 3.05) is 0 Å². The van der Waals surface area contributed by atoms with Crippen LogP contribution in [0, 0.1) is 0 Å². The van der Waals surface area contributed by atoms with Gasteiger partial charge in [-0.1, -0.05) is 22.0 Å².